The highest BCUT2D eigenvalue weighted by Gasteiger charge is 2.33. The molecule has 1 aliphatic carbocycles. The number of amides is 1. The van der Waals surface area contributed by atoms with Gasteiger partial charge in [0.1, 0.15) is 6.04 Å². The van der Waals surface area contributed by atoms with Crippen molar-refractivity contribution in [1.82, 2.24) is 24.8 Å². The minimum absolute atomic E-state index is 0.0144. The molecule has 2 aromatic heterocycles. The van der Waals surface area contributed by atoms with Crippen LogP contribution in [-0.4, -0.2) is 50.5 Å². The van der Waals surface area contributed by atoms with Crippen molar-refractivity contribution in [3.63, 3.8) is 0 Å². The topological polar surface area (TPSA) is 86.3 Å². The third kappa shape index (κ3) is 3.44. The lowest BCUT2D eigenvalue weighted by molar-refractivity contribution is -0.00577. The highest BCUT2D eigenvalue weighted by Crippen LogP contribution is 2.28. The summed E-state index contributed by atoms with van der Waals surface area (Å²) in [5, 5.41) is 8.26. The van der Waals surface area contributed by atoms with E-state index in [4.69, 9.17) is 9.26 Å². The molecule has 2 aliphatic rings. The number of rotatable bonds is 3. The number of nitrogens with zero attached hydrogens (tertiary/aromatic N) is 5. The van der Waals surface area contributed by atoms with E-state index in [-0.39, 0.29) is 11.9 Å². The van der Waals surface area contributed by atoms with Gasteiger partial charge in [0.05, 0.1) is 25.0 Å². The summed E-state index contributed by atoms with van der Waals surface area (Å²) in [5.74, 6) is 0.828. The number of fused-ring (bicyclic) bond motifs is 1. The lowest BCUT2D eigenvalue weighted by atomic mass is 9.90. The molecule has 1 saturated heterocycles. The van der Waals surface area contributed by atoms with Crippen LogP contribution >= 0.6 is 0 Å². The molecule has 0 radical (unpaired) electrons. The van der Waals surface area contributed by atoms with Gasteiger partial charge < -0.3 is 14.2 Å². The van der Waals surface area contributed by atoms with Crippen molar-refractivity contribution >= 4 is 5.91 Å². The van der Waals surface area contributed by atoms with Gasteiger partial charge in [0.25, 0.3) is 11.8 Å². The Labute approximate surface area is 168 Å². The quantitative estimate of drug-likeness (QED) is 0.680. The Morgan fingerprint density at radius 1 is 1.21 bits per heavy atom. The maximum Gasteiger partial charge on any atom is 0.261 e. The van der Waals surface area contributed by atoms with E-state index in [1.165, 1.54) is 24.0 Å². The summed E-state index contributed by atoms with van der Waals surface area (Å²) in [7, 11) is 1.83. The Balaban J connectivity index is 1.41. The summed E-state index contributed by atoms with van der Waals surface area (Å²) in [6, 6.07) is 5.73. The smallest absolute Gasteiger partial charge is 0.261 e. The molecule has 1 fully saturated rings. The van der Waals surface area contributed by atoms with E-state index >= 15 is 0 Å². The number of benzene rings is 1. The van der Waals surface area contributed by atoms with Crippen LogP contribution in [0.25, 0.3) is 11.5 Å². The molecule has 29 heavy (non-hydrogen) atoms. The van der Waals surface area contributed by atoms with Gasteiger partial charge in [-0.1, -0.05) is 11.2 Å². The molecule has 1 amide bonds. The fourth-order valence-corrected chi connectivity index (χ4v) is 4.11. The van der Waals surface area contributed by atoms with Gasteiger partial charge in [0.15, 0.2) is 5.82 Å². The number of aryl methyl sites for hydroxylation is 3. The standard InChI is InChI=1S/C21H23N5O3/c1-25-12-17(11-22-25)20-23-19(24-29-20)18-13-28-9-8-26(18)21(27)16-7-6-14-4-2-3-5-15(14)10-16/h6-7,10-12,18H,2-5,8-9,13H2,1H3/t18-/m0/s1. The second-order valence-corrected chi connectivity index (χ2v) is 7.64. The first-order valence-electron chi connectivity index (χ1n) is 10.0. The number of hydrogen-bond donors (Lipinski definition) is 0. The summed E-state index contributed by atoms with van der Waals surface area (Å²) in [6.07, 6.45) is 8.04. The van der Waals surface area contributed by atoms with Gasteiger partial charge >= 0.3 is 0 Å². The van der Waals surface area contributed by atoms with Crippen LogP contribution in [0.4, 0.5) is 0 Å². The van der Waals surface area contributed by atoms with E-state index < -0.39 is 0 Å². The molecule has 5 rings (SSSR count). The van der Waals surface area contributed by atoms with Crippen LogP contribution in [-0.2, 0) is 24.6 Å². The van der Waals surface area contributed by atoms with E-state index in [1.54, 1.807) is 15.8 Å². The molecular weight excluding hydrogens is 370 g/mol. The van der Waals surface area contributed by atoms with Crippen LogP contribution in [0.15, 0.2) is 35.1 Å². The minimum Gasteiger partial charge on any atom is -0.377 e. The fraction of sp³-hybridized carbons (Fsp3) is 0.429. The lowest BCUT2D eigenvalue weighted by Crippen LogP contribution is -2.43. The van der Waals surface area contributed by atoms with Gasteiger partial charge in [0, 0.05) is 25.4 Å². The molecule has 0 spiro atoms. The molecule has 0 N–H and O–H groups in total. The lowest BCUT2D eigenvalue weighted by Gasteiger charge is -2.34. The monoisotopic (exact) mass is 393 g/mol. The SMILES string of the molecule is Cn1cc(-c2nc([C@@H]3COCCN3C(=O)c3ccc4c(c3)CCCC4)no2)cn1. The van der Waals surface area contributed by atoms with Crippen molar-refractivity contribution in [2.45, 2.75) is 31.7 Å². The molecule has 0 bridgehead atoms. The van der Waals surface area contributed by atoms with Crippen LogP contribution in [0.3, 0.4) is 0 Å². The fourth-order valence-electron chi connectivity index (χ4n) is 4.11. The average molecular weight is 393 g/mol. The Morgan fingerprint density at radius 2 is 2.07 bits per heavy atom. The van der Waals surface area contributed by atoms with Gasteiger partial charge in [-0.25, -0.2) is 0 Å². The van der Waals surface area contributed by atoms with Crippen molar-refractivity contribution in [1.29, 1.82) is 0 Å². The summed E-state index contributed by atoms with van der Waals surface area (Å²) >= 11 is 0. The summed E-state index contributed by atoms with van der Waals surface area (Å²) in [6.45, 7) is 1.35. The predicted molar refractivity (Wildman–Crippen MR) is 104 cm³/mol. The normalized spacial score (nSPS) is 19.2. The molecule has 1 atom stereocenters. The van der Waals surface area contributed by atoms with Crippen molar-refractivity contribution in [2.24, 2.45) is 7.05 Å². The van der Waals surface area contributed by atoms with E-state index in [2.05, 4.69) is 27.4 Å². The Bertz CT molecular complexity index is 1040. The molecule has 8 nitrogen and oxygen atoms in total. The molecule has 8 heteroatoms. The second-order valence-electron chi connectivity index (χ2n) is 7.64. The highest BCUT2D eigenvalue weighted by atomic mass is 16.5. The van der Waals surface area contributed by atoms with Gasteiger partial charge in [0.2, 0.25) is 0 Å². The van der Waals surface area contributed by atoms with E-state index in [0.29, 0.717) is 37.0 Å². The van der Waals surface area contributed by atoms with Gasteiger partial charge in [-0.3, -0.25) is 9.48 Å². The Kier molecular flexibility index (Phi) is 4.63. The van der Waals surface area contributed by atoms with E-state index in [0.717, 1.165) is 18.4 Å². The first-order valence-corrected chi connectivity index (χ1v) is 10.0. The number of aromatic nitrogens is 4. The first kappa shape index (κ1) is 18.1. The Morgan fingerprint density at radius 3 is 2.90 bits per heavy atom. The zero-order chi connectivity index (χ0) is 19.8. The predicted octanol–water partition coefficient (Wildman–Crippen LogP) is 2.56. The number of carbonyl (C=O) groups excluding carboxylic acids is 1. The third-order valence-corrected chi connectivity index (χ3v) is 5.68. The molecular formula is C21H23N5O3. The molecule has 150 valence electrons. The maximum absolute atomic E-state index is 13.3. The zero-order valence-electron chi connectivity index (χ0n) is 16.4. The minimum atomic E-state index is -0.374. The van der Waals surface area contributed by atoms with Gasteiger partial charge in [-0.2, -0.15) is 10.1 Å². The Hall–Kier alpha value is -3.00. The van der Waals surface area contributed by atoms with Crippen molar-refractivity contribution in [2.75, 3.05) is 19.8 Å². The van der Waals surface area contributed by atoms with Gasteiger partial charge in [-0.05, 0) is 48.9 Å². The van der Waals surface area contributed by atoms with Crippen molar-refractivity contribution < 1.29 is 14.1 Å². The largest absolute Gasteiger partial charge is 0.377 e. The van der Waals surface area contributed by atoms with Crippen LogP contribution in [0.2, 0.25) is 0 Å². The van der Waals surface area contributed by atoms with Crippen LogP contribution in [0, 0.1) is 0 Å². The van der Waals surface area contributed by atoms with Crippen LogP contribution in [0.5, 0.6) is 0 Å². The number of carbonyl (C=O) groups is 1. The third-order valence-electron chi connectivity index (χ3n) is 5.68. The second kappa shape index (κ2) is 7.44. The van der Waals surface area contributed by atoms with Crippen molar-refractivity contribution in [3.8, 4) is 11.5 Å². The molecule has 1 aliphatic heterocycles. The number of hydrogen-bond acceptors (Lipinski definition) is 6. The summed E-state index contributed by atoms with van der Waals surface area (Å²) in [5.41, 5.74) is 4.13. The van der Waals surface area contributed by atoms with Crippen molar-refractivity contribution in [3.05, 3.63) is 53.1 Å². The highest BCUT2D eigenvalue weighted by molar-refractivity contribution is 5.94. The first-order chi connectivity index (χ1) is 14.2. The summed E-state index contributed by atoms with van der Waals surface area (Å²) in [4.78, 5) is 19.6. The number of morpholine rings is 1. The molecule has 0 saturated carbocycles. The summed E-state index contributed by atoms with van der Waals surface area (Å²) < 4.78 is 12.7. The average Bonchev–Trinajstić information content (AvgIpc) is 3.42. The molecule has 3 aromatic rings. The van der Waals surface area contributed by atoms with Crippen LogP contribution < -0.4 is 0 Å². The number of ether oxygens (including phenoxy) is 1. The van der Waals surface area contributed by atoms with E-state index in [9.17, 15) is 4.79 Å². The van der Waals surface area contributed by atoms with Gasteiger partial charge in [-0.15, -0.1) is 0 Å². The van der Waals surface area contributed by atoms with Crippen LogP contribution in [0.1, 0.15) is 46.2 Å². The molecule has 0 unspecified atom stereocenters. The zero-order valence-corrected chi connectivity index (χ0v) is 16.4. The molecule has 1 aromatic carbocycles. The maximum atomic E-state index is 13.3. The molecule has 3 heterocycles. The van der Waals surface area contributed by atoms with E-state index in [1.807, 2.05) is 19.3 Å².